The molecule has 160 valence electrons. The Hall–Kier alpha value is -2.73. The highest BCUT2D eigenvalue weighted by atomic mass is 19.1. The Balaban J connectivity index is 1.80. The lowest BCUT2D eigenvalue weighted by Gasteiger charge is -2.41. The lowest BCUT2D eigenvalue weighted by Crippen LogP contribution is -2.54. The van der Waals surface area contributed by atoms with Gasteiger partial charge in [-0.3, -0.25) is 9.59 Å². The standard InChI is InChI=1S/C24H29FN2O3/c1-26-23(29)24(13-5-14-27(17-24)22(28)12-15-30-2)16-18-8-10-19(11-9-18)20-6-3-4-7-21(20)25/h3-4,6-11H,5,12-17H2,1-2H3,(H,26,29). The van der Waals surface area contributed by atoms with Gasteiger partial charge in [-0.1, -0.05) is 42.5 Å². The number of benzene rings is 2. The number of hydrogen-bond donors (Lipinski definition) is 1. The van der Waals surface area contributed by atoms with E-state index in [0.717, 1.165) is 24.0 Å². The van der Waals surface area contributed by atoms with Gasteiger partial charge in [0.1, 0.15) is 5.82 Å². The molecule has 5 nitrogen and oxygen atoms in total. The maximum atomic E-state index is 14.1. The van der Waals surface area contributed by atoms with Gasteiger partial charge in [-0.15, -0.1) is 0 Å². The van der Waals surface area contributed by atoms with Crippen LogP contribution < -0.4 is 5.32 Å². The summed E-state index contributed by atoms with van der Waals surface area (Å²) in [5.74, 6) is -0.297. The smallest absolute Gasteiger partial charge is 0.228 e. The monoisotopic (exact) mass is 412 g/mol. The van der Waals surface area contributed by atoms with Crippen molar-refractivity contribution in [3.05, 3.63) is 59.9 Å². The average molecular weight is 413 g/mol. The van der Waals surface area contributed by atoms with E-state index in [1.54, 1.807) is 31.2 Å². The Bertz CT molecular complexity index is 884. The average Bonchev–Trinajstić information content (AvgIpc) is 2.78. The number of amides is 2. The maximum absolute atomic E-state index is 14.1. The minimum Gasteiger partial charge on any atom is -0.384 e. The summed E-state index contributed by atoms with van der Waals surface area (Å²) in [7, 11) is 3.21. The van der Waals surface area contributed by atoms with Gasteiger partial charge < -0.3 is 15.0 Å². The van der Waals surface area contributed by atoms with Crippen LogP contribution in [0, 0.1) is 11.2 Å². The quantitative estimate of drug-likeness (QED) is 0.758. The third kappa shape index (κ3) is 4.87. The topological polar surface area (TPSA) is 58.6 Å². The maximum Gasteiger partial charge on any atom is 0.228 e. The molecule has 1 heterocycles. The van der Waals surface area contributed by atoms with E-state index < -0.39 is 5.41 Å². The second kappa shape index (κ2) is 9.85. The highest BCUT2D eigenvalue weighted by Crippen LogP contribution is 2.35. The Morgan fingerprint density at radius 3 is 2.57 bits per heavy atom. The van der Waals surface area contributed by atoms with Crippen LogP contribution in [0.1, 0.15) is 24.8 Å². The van der Waals surface area contributed by atoms with Gasteiger partial charge >= 0.3 is 0 Å². The fourth-order valence-electron chi connectivity index (χ4n) is 4.26. The number of nitrogens with one attached hydrogen (secondary N) is 1. The van der Waals surface area contributed by atoms with Gasteiger partial charge in [-0.05, 0) is 36.5 Å². The van der Waals surface area contributed by atoms with Gasteiger partial charge in [0.15, 0.2) is 0 Å². The second-order valence-electron chi connectivity index (χ2n) is 7.87. The highest BCUT2D eigenvalue weighted by molar-refractivity contribution is 5.85. The number of halogens is 1. The summed E-state index contributed by atoms with van der Waals surface area (Å²) in [4.78, 5) is 27.2. The lowest BCUT2D eigenvalue weighted by molar-refractivity contribution is -0.141. The molecule has 0 spiro atoms. The summed E-state index contributed by atoms with van der Waals surface area (Å²) in [6.07, 6.45) is 2.34. The van der Waals surface area contributed by atoms with Crippen LogP contribution in [-0.2, 0) is 20.7 Å². The Morgan fingerprint density at radius 1 is 1.17 bits per heavy atom. The van der Waals surface area contributed by atoms with Gasteiger partial charge in [-0.2, -0.15) is 0 Å². The normalized spacial score (nSPS) is 18.8. The highest BCUT2D eigenvalue weighted by Gasteiger charge is 2.42. The number of carbonyl (C=O) groups excluding carboxylic acids is 2. The molecule has 0 saturated carbocycles. The first-order valence-electron chi connectivity index (χ1n) is 10.3. The number of ether oxygens (including phenoxy) is 1. The van der Waals surface area contributed by atoms with Gasteiger partial charge in [0.2, 0.25) is 11.8 Å². The van der Waals surface area contributed by atoms with Gasteiger partial charge in [-0.25, -0.2) is 4.39 Å². The molecule has 0 radical (unpaired) electrons. The van der Waals surface area contributed by atoms with Crippen LogP contribution in [0.3, 0.4) is 0 Å². The van der Waals surface area contributed by atoms with Crippen molar-refractivity contribution >= 4 is 11.8 Å². The van der Waals surface area contributed by atoms with E-state index in [9.17, 15) is 14.0 Å². The summed E-state index contributed by atoms with van der Waals surface area (Å²) in [6.45, 7) is 1.43. The van der Waals surface area contributed by atoms with E-state index >= 15 is 0 Å². The Morgan fingerprint density at radius 2 is 1.90 bits per heavy atom. The molecule has 1 N–H and O–H groups in total. The summed E-state index contributed by atoms with van der Waals surface area (Å²) in [6, 6.07) is 14.3. The third-order valence-corrected chi connectivity index (χ3v) is 5.84. The molecule has 0 bridgehead atoms. The van der Waals surface area contributed by atoms with Crippen LogP contribution in [0.5, 0.6) is 0 Å². The second-order valence-corrected chi connectivity index (χ2v) is 7.87. The molecule has 1 saturated heterocycles. The van der Waals surface area contributed by atoms with Gasteiger partial charge in [0, 0.05) is 32.8 Å². The van der Waals surface area contributed by atoms with Crippen LogP contribution >= 0.6 is 0 Å². The van der Waals surface area contributed by atoms with Crippen LogP contribution in [0.15, 0.2) is 48.5 Å². The zero-order valence-corrected chi connectivity index (χ0v) is 17.6. The largest absolute Gasteiger partial charge is 0.384 e. The zero-order chi connectivity index (χ0) is 21.6. The molecule has 0 aromatic heterocycles. The summed E-state index contributed by atoms with van der Waals surface area (Å²) >= 11 is 0. The van der Waals surface area contributed by atoms with Gasteiger partial charge in [0.05, 0.1) is 18.4 Å². The van der Waals surface area contributed by atoms with E-state index in [1.807, 2.05) is 30.3 Å². The molecular weight excluding hydrogens is 383 g/mol. The molecule has 1 aliphatic rings. The summed E-state index contributed by atoms with van der Waals surface area (Å²) < 4.78 is 19.1. The molecule has 1 unspecified atom stereocenters. The number of piperidine rings is 1. The molecule has 1 fully saturated rings. The van der Waals surface area contributed by atoms with Crippen LogP contribution in [-0.4, -0.2) is 50.6 Å². The molecular formula is C24H29FN2O3. The van der Waals surface area contributed by atoms with Crippen molar-refractivity contribution in [2.24, 2.45) is 5.41 Å². The van der Waals surface area contributed by atoms with Crippen LogP contribution in [0.4, 0.5) is 4.39 Å². The third-order valence-electron chi connectivity index (χ3n) is 5.84. The minimum absolute atomic E-state index is 0.0136. The predicted molar refractivity (Wildman–Crippen MR) is 114 cm³/mol. The van der Waals surface area contributed by atoms with Crippen molar-refractivity contribution in [2.75, 3.05) is 33.9 Å². The molecule has 1 atom stereocenters. The number of hydrogen-bond acceptors (Lipinski definition) is 3. The summed E-state index contributed by atoms with van der Waals surface area (Å²) in [5.41, 5.74) is 1.67. The van der Waals surface area contributed by atoms with E-state index in [-0.39, 0.29) is 17.6 Å². The predicted octanol–water partition coefficient (Wildman–Crippen LogP) is 3.43. The first-order valence-corrected chi connectivity index (χ1v) is 10.3. The fraction of sp³-hybridized carbons (Fsp3) is 0.417. The van der Waals surface area contributed by atoms with E-state index in [1.165, 1.54) is 6.07 Å². The number of nitrogens with zero attached hydrogens (tertiary/aromatic N) is 1. The summed E-state index contributed by atoms with van der Waals surface area (Å²) in [5, 5.41) is 2.79. The van der Waals surface area contributed by atoms with Crippen molar-refractivity contribution in [1.82, 2.24) is 10.2 Å². The molecule has 1 aliphatic heterocycles. The number of rotatable bonds is 7. The van der Waals surface area contributed by atoms with E-state index in [4.69, 9.17) is 4.74 Å². The number of methoxy groups -OCH3 is 1. The molecule has 2 aromatic rings. The van der Waals surface area contributed by atoms with Crippen molar-refractivity contribution in [3.8, 4) is 11.1 Å². The fourth-order valence-corrected chi connectivity index (χ4v) is 4.26. The van der Waals surface area contributed by atoms with Crippen molar-refractivity contribution in [3.63, 3.8) is 0 Å². The first kappa shape index (κ1) is 22.0. The lowest BCUT2D eigenvalue weighted by atomic mass is 9.74. The molecule has 30 heavy (non-hydrogen) atoms. The molecule has 6 heteroatoms. The molecule has 2 aromatic carbocycles. The molecule has 0 aliphatic carbocycles. The first-order chi connectivity index (χ1) is 14.5. The van der Waals surface area contributed by atoms with Crippen molar-refractivity contribution < 1.29 is 18.7 Å². The Labute approximate surface area is 177 Å². The van der Waals surface area contributed by atoms with E-state index in [2.05, 4.69) is 5.32 Å². The number of carbonyl (C=O) groups is 2. The molecule has 2 amide bonds. The minimum atomic E-state index is -0.671. The SMILES string of the molecule is CNC(=O)C1(Cc2ccc(-c3ccccc3F)cc2)CCCN(C(=O)CCOC)C1. The van der Waals surface area contributed by atoms with Gasteiger partial charge in [0.25, 0.3) is 0 Å². The van der Waals surface area contributed by atoms with Crippen molar-refractivity contribution in [1.29, 1.82) is 0 Å². The van der Waals surface area contributed by atoms with Crippen LogP contribution in [0.2, 0.25) is 0 Å². The Kier molecular flexibility index (Phi) is 7.21. The molecule has 3 rings (SSSR count). The zero-order valence-electron chi connectivity index (χ0n) is 17.6. The number of likely N-dealkylation sites (tertiary alicyclic amines) is 1. The van der Waals surface area contributed by atoms with Crippen molar-refractivity contribution in [2.45, 2.75) is 25.7 Å². The van der Waals surface area contributed by atoms with E-state index in [0.29, 0.717) is 38.1 Å². The van der Waals surface area contributed by atoms with Crippen LogP contribution in [0.25, 0.3) is 11.1 Å².